The number of hydrogen-bond acceptors (Lipinski definition) is 9. The molecule has 0 aliphatic heterocycles. The third-order valence-corrected chi connectivity index (χ3v) is 6.04. The Morgan fingerprint density at radius 1 is 0.553 bits per heavy atom. The van der Waals surface area contributed by atoms with Gasteiger partial charge in [-0.3, -0.25) is 0 Å². The summed E-state index contributed by atoms with van der Waals surface area (Å²) in [6.45, 7) is 20.5. The van der Waals surface area contributed by atoms with Crippen molar-refractivity contribution in [3.8, 4) is 11.4 Å². The van der Waals surface area contributed by atoms with E-state index < -0.39 is 46.8 Å². The average molecular weight is 660 g/mol. The average Bonchev–Trinajstić information content (AvgIpc) is 3.27. The monoisotopic (exact) mass is 659 g/mol. The topological polar surface area (TPSA) is 126 Å². The summed E-state index contributed by atoms with van der Waals surface area (Å²) >= 11 is 0. The van der Waals surface area contributed by atoms with E-state index in [1.807, 2.05) is 41.2 Å². The number of hydrogen-bond donors (Lipinski definition) is 0. The molecule has 12 nitrogen and oxygen atoms in total. The van der Waals surface area contributed by atoms with Gasteiger partial charge in [-0.25, -0.2) is 29.0 Å². The molecule has 1 aromatic carbocycles. The fraction of sp³-hybridized carbons (Fsp3) is 0.600. The Bertz CT molecular complexity index is 1250. The van der Waals surface area contributed by atoms with Gasteiger partial charge in [-0.1, -0.05) is 0 Å². The van der Waals surface area contributed by atoms with Crippen LogP contribution in [-0.2, 0) is 31.8 Å². The normalized spacial score (nSPS) is 12.2. The zero-order chi connectivity index (χ0) is 36.0. The van der Waals surface area contributed by atoms with Gasteiger partial charge in [0.05, 0.1) is 7.11 Å². The highest BCUT2D eigenvalue weighted by molar-refractivity contribution is 5.88. The van der Waals surface area contributed by atoms with Crippen LogP contribution >= 0.6 is 0 Å². The Morgan fingerprint density at radius 2 is 0.851 bits per heavy atom. The van der Waals surface area contributed by atoms with Crippen LogP contribution in [0.4, 0.5) is 19.2 Å². The second-order valence-electron chi connectivity index (χ2n) is 15.1. The maximum Gasteiger partial charge on any atom is 0.419 e. The first kappa shape index (κ1) is 39.0. The number of carbonyl (C=O) groups is 4. The Labute approximate surface area is 279 Å². The Kier molecular flexibility index (Phi) is 12.5. The third-order valence-electron chi connectivity index (χ3n) is 6.04. The van der Waals surface area contributed by atoms with Crippen molar-refractivity contribution >= 4 is 24.4 Å². The Morgan fingerprint density at radius 3 is 1.11 bits per heavy atom. The molecule has 0 fully saturated rings. The number of aromatic nitrogens is 1. The molecule has 1 heterocycles. The van der Waals surface area contributed by atoms with Gasteiger partial charge in [0, 0.05) is 31.2 Å². The first-order chi connectivity index (χ1) is 21.4. The molecule has 262 valence electrons. The molecule has 0 aliphatic rings. The molecule has 0 unspecified atom stereocenters. The molecular formula is C35H53N3O9. The zero-order valence-corrected chi connectivity index (χ0v) is 30.3. The fourth-order valence-electron chi connectivity index (χ4n) is 4.14. The molecule has 0 aliphatic carbocycles. The van der Waals surface area contributed by atoms with E-state index in [-0.39, 0.29) is 25.9 Å². The molecule has 2 aromatic rings. The van der Waals surface area contributed by atoms with Crippen LogP contribution in [0.15, 0.2) is 36.7 Å². The lowest BCUT2D eigenvalue weighted by Crippen LogP contribution is -2.44. The Balaban J connectivity index is 2.49. The van der Waals surface area contributed by atoms with Crippen LogP contribution in [-0.4, -0.2) is 81.3 Å². The molecule has 12 heteroatoms. The van der Waals surface area contributed by atoms with Gasteiger partial charge in [0.25, 0.3) is 0 Å². The van der Waals surface area contributed by atoms with Crippen molar-refractivity contribution in [1.82, 2.24) is 14.4 Å². The van der Waals surface area contributed by atoms with Crippen LogP contribution in [0.2, 0.25) is 0 Å². The summed E-state index contributed by atoms with van der Waals surface area (Å²) < 4.78 is 29.3. The number of carbonyl (C=O) groups excluding carboxylic acids is 4. The predicted octanol–water partition coefficient (Wildman–Crippen LogP) is 7.92. The molecule has 0 saturated heterocycles. The van der Waals surface area contributed by atoms with Crippen LogP contribution in [0, 0.1) is 0 Å². The van der Waals surface area contributed by atoms with Crippen LogP contribution in [0.1, 0.15) is 94.2 Å². The van der Waals surface area contributed by atoms with Crippen molar-refractivity contribution in [2.75, 3.05) is 20.2 Å². The first-order valence-electron chi connectivity index (χ1n) is 15.7. The van der Waals surface area contributed by atoms with Crippen molar-refractivity contribution in [3.05, 3.63) is 47.8 Å². The van der Waals surface area contributed by atoms with Gasteiger partial charge in [-0.2, -0.15) is 0 Å². The summed E-state index contributed by atoms with van der Waals surface area (Å²) in [4.78, 5) is 54.5. The minimum atomic E-state index is -0.840. The van der Waals surface area contributed by atoms with Crippen LogP contribution < -0.4 is 4.74 Å². The van der Waals surface area contributed by atoms with E-state index >= 15 is 0 Å². The minimum absolute atomic E-state index is 0.0503. The number of imide groups is 2. The molecule has 0 atom stereocenters. The molecule has 47 heavy (non-hydrogen) atoms. The zero-order valence-electron chi connectivity index (χ0n) is 30.3. The van der Waals surface area contributed by atoms with Gasteiger partial charge in [0.1, 0.15) is 28.2 Å². The summed E-state index contributed by atoms with van der Waals surface area (Å²) in [6, 6.07) is 7.42. The molecular weight excluding hydrogens is 606 g/mol. The van der Waals surface area contributed by atoms with Crippen molar-refractivity contribution in [2.45, 2.75) is 118 Å². The smallest absolute Gasteiger partial charge is 0.419 e. The number of rotatable bonds is 8. The number of ether oxygens (including phenoxy) is 5. The van der Waals surface area contributed by atoms with Crippen molar-refractivity contribution < 1.29 is 42.9 Å². The van der Waals surface area contributed by atoms with Gasteiger partial charge in [0.2, 0.25) is 0 Å². The number of benzene rings is 1. The van der Waals surface area contributed by atoms with Gasteiger partial charge in [-0.15, -0.1) is 0 Å². The molecule has 0 N–H and O–H groups in total. The SMILES string of the molecule is COc1ccc(-n2cc(CCN(C(=O)OC(C)(C)C)C(=O)OC(C)(C)C)c(CCN(C(=O)OC(C)(C)C)C(=O)OC(C)(C)C)c2)cc1. The van der Waals surface area contributed by atoms with E-state index in [9.17, 15) is 19.2 Å². The lowest BCUT2D eigenvalue weighted by Gasteiger charge is -2.29. The maximum atomic E-state index is 13.1. The second kappa shape index (κ2) is 15.1. The standard InChI is InChI=1S/C35H53N3O9/c1-32(2,3)44-28(39)37(29(40)45-33(4,5)6)20-18-24-22-36(26-14-16-27(43-13)17-15-26)23-25(24)19-21-38(30(41)46-34(7,8)9)31(42)47-35(10,11)12/h14-17,22-23H,18-21H2,1-13H3. The lowest BCUT2D eigenvalue weighted by molar-refractivity contribution is -0.000688. The highest BCUT2D eigenvalue weighted by Gasteiger charge is 2.33. The fourth-order valence-corrected chi connectivity index (χ4v) is 4.14. The quantitative estimate of drug-likeness (QED) is 0.260. The van der Waals surface area contributed by atoms with E-state index in [2.05, 4.69) is 0 Å². The maximum absolute atomic E-state index is 13.1. The van der Waals surface area contributed by atoms with Crippen LogP contribution in [0.5, 0.6) is 5.75 Å². The largest absolute Gasteiger partial charge is 0.497 e. The molecule has 0 saturated carbocycles. The molecule has 0 radical (unpaired) electrons. The van der Waals surface area contributed by atoms with Crippen LogP contribution in [0.3, 0.4) is 0 Å². The molecule has 2 rings (SSSR count). The number of methoxy groups -OCH3 is 1. The van der Waals surface area contributed by atoms with Gasteiger partial charge >= 0.3 is 24.4 Å². The van der Waals surface area contributed by atoms with Crippen molar-refractivity contribution in [2.24, 2.45) is 0 Å². The lowest BCUT2D eigenvalue weighted by atomic mass is 10.1. The van der Waals surface area contributed by atoms with E-state index in [4.69, 9.17) is 23.7 Å². The molecule has 0 bridgehead atoms. The summed E-state index contributed by atoms with van der Waals surface area (Å²) in [5, 5.41) is 0. The first-order valence-corrected chi connectivity index (χ1v) is 15.7. The van der Waals surface area contributed by atoms with E-state index in [0.717, 1.165) is 26.6 Å². The van der Waals surface area contributed by atoms with Gasteiger partial charge < -0.3 is 28.3 Å². The predicted molar refractivity (Wildman–Crippen MR) is 178 cm³/mol. The number of nitrogens with zero attached hydrogens (tertiary/aromatic N) is 3. The summed E-state index contributed by atoms with van der Waals surface area (Å²) in [7, 11) is 1.59. The summed E-state index contributed by atoms with van der Waals surface area (Å²) in [6.07, 6.45) is 0.905. The summed E-state index contributed by atoms with van der Waals surface area (Å²) in [5.41, 5.74) is -0.997. The van der Waals surface area contributed by atoms with E-state index in [1.165, 1.54) is 0 Å². The van der Waals surface area contributed by atoms with Crippen LogP contribution in [0.25, 0.3) is 5.69 Å². The molecule has 4 amide bonds. The Hall–Kier alpha value is -4.22. The molecule has 1 aromatic heterocycles. The molecule has 0 spiro atoms. The minimum Gasteiger partial charge on any atom is -0.497 e. The van der Waals surface area contributed by atoms with Gasteiger partial charge in [-0.05, 0) is 131 Å². The van der Waals surface area contributed by atoms with Crippen molar-refractivity contribution in [1.29, 1.82) is 0 Å². The number of amides is 4. The van der Waals surface area contributed by atoms with E-state index in [0.29, 0.717) is 5.75 Å². The van der Waals surface area contributed by atoms with Gasteiger partial charge in [0.15, 0.2) is 0 Å². The van der Waals surface area contributed by atoms with E-state index in [1.54, 1.807) is 90.2 Å². The summed E-state index contributed by atoms with van der Waals surface area (Å²) in [5.74, 6) is 0.692. The third kappa shape index (κ3) is 13.6. The van der Waals surface area contributed by atoms with Crippen molar-refractivity contribution in [3.63, 3.8) is 0 Å². The highest BCUT2D eigenvalue weighted by Crippen LogP contribution is 2.23. The highest BCUT2D eigenvalue weighted by atomic mass is 16.6. The second-order valence-corrected chi connectivity index (χ2v) is 15.1.